The van der Waals surface area contributed by atoms with Crippen molar-refractivity contribution < 1.29 is 0 Å². The summed E-state index contributed by atoms with van der Waals surface area (Å²) in [4.78, 5) is 2.62. The van der Waals surface area contributed by atoms with Crippen LogP contribution in [0.1, 0.15) is 51.9 Å². The highest BCUT2D eigenvalue weighted by Crippen LogP contribution is 2.15. The molecule has 0 bridgehead atoms. The molecule has 1 aliphatic rings. The van der Waals surface area contributed by atoms with Gasteiger partial charge in [-0.2, -0.15) is 0 Å². The molecule has 1 aliphatic heterocycles. The van der Waals surface area contributed by atoms with Crippen LogP contribution in [0.5, 0.6) is 0 Å². The number of likely N-dealkylation sites (tertiary alicyclic amines) is 1. The van der Waals surface area contributed by atoms with E-state index in [1.165, 1.54) is 64.6 Å². The Morgan fingerprint density at radius 3 is 2.73 bits per heavy atom. The van der Waals surface area contributed by atoms with E-state index >= 15 is 0 Å². The van der Waals surface area contributed by atoms with Gasteiger partial charge in [0.2, 0.25) is 0 Å². The lowest BCUT2D eigenvalue weighted by molar-refractivity contribution is 0.175. The minimum Gasteiger partial charge on any atom is -0.330 e. The van der Waals surface area contributed by atoms with Gasteiger partial charge in [-0.25, -0.2) is 0 Å². The van der Waals surface area contributed by atoms with Crippen molar-refractivity contribution >= 4 is 0 Å². The molecule has 1 rings (SSSR count). The number of nitrogens with two attached hydrogens (primary N) is 1. The Kier molecular flexibility index (Phi) is 7.03. The molecule has 15 heavy (non-hydrogen) atoms. The van der Waals surface area contributed by atoms with Crippen molar-refractivity contribution in [3.63, 3.8) is 0 Å². The molecule has 0 aromatic carbocycles. The lowest BCUT2D eigenvalue weighted by Gasteiger charge is -2.32. The fourth-order valence-corrected chi connectivity index (χ4v) is 2.49. The summed E-state index contributed by atoms with van der Waals surface area (Å²) in [7, 11) is 0. The molecule has 2 nitrogen and oxygen atoms in total. The number of rotatable bonds is 7. The molecule has 0 aromatic rings. The van der Waals surface area contributed by atoms with Crippen molar-refractivity contribution in [3.05, 3.63) is 0 Å². The van der Waals surface area contributed by atoms with Gasteiger partial charge in [0.1, 0.15) is 0 Å². The van der Waals surface area contributed by atoms with Gasteiger partial charge in [0.05, 0.1) is 0 Å². The normalized spacial score (nSPS) is 23.2. The Balaban J connectivity index is 2.00. The van der Waals surface area contributed by atoms with E-state index in [1.807, 2.05) is 0 Å². The molecule has 0 saturated carbocycles. The highest BCUT2D eigenvalue weighted by atomic mass is 15.1. The van der Waals surface area contributed by atoms with E-state index in [-0.39, 0.29) is 0 Å². The zero-order valence-corrected chi connectivity index (χ0v) is 10.4. The third-order valence-corrected chi connectivity index (χ3v) is 3.51. The van der Waals surface area contributed by atoms with Crippen LogP contribution in [0.25, 0.3) is 0 Å². The SMILES string of the molecule is CCCCCCCN1CCCC(CN)C1. The zero-order valence-electron chi connectivity index (χ0n) is 10.4. The van der Waals surface area contributed by atoms with Crippen LogP contribution in [0, 0.1) is 5.92 Å². The molecule has 90 valence electrons. The van der Waals surface area contributed by atoms with Gasteiger partial charge < -0.3 is 10.6 Å². The first kappa shape index (κ1) is 13.0. The lowest BCUT2D eigenvalue weighted by atomic mass is 9.98. The highest BCUT2D eigenvalue weighted by Gasteiger charge is 2.17. The molecule has 1 atom stereocenters. The second kappa shape index (κ2) is 8.12. The Morgan fingerprint density at radius 2 is 2.00 bits per heavy atom. The van der Waals surface area contributed by atoms with Gasteiger partial charge in [-0.05, 0) is 44.8 Å². The predicted octanol–water partition coefficient (Wildman–Crippen LogP) is 2.63. The van der Waals surface area contributed by atoms with E-state index in [9.17, 15) is 0 Å². The van der Waals surface area contributed by atoms with Crippen molar-refractivity contribution in [2.45, 2.75) is 51.9 Å². The summed E-state index contributed by atoms with van der Waals surface area (Å²) in [5.74, 6) is 0.773. The molecule has 1 fully saturated rings. The Morgan fingerprint density at radius 1 is 1.20 bits per heavy atom. The number of unbranched alkanes of at least 4 members (excludes halogenated alkanes) is 4. The quantitative estimate of drug-likeness (QED) is 0.657. The van der Waals surface area contributed by atoms with Crippen LogP contribution in [0.3, 0.4) is 0 Å². The monoisotopic (exact) mass is 212 g/mol. The average molecular weight is 212 g/mol. The summed E-state index contributed by atoms with van der Waals surface area (Å²) in [5.41, 5.74) is 5.73. The molecule has 0 amide bonds. The average Bonchev–Trinajstić information content (AvgIpc) is 2.29. The van der Waals surface area contributed by atoms with E-state index in [1.54, 1.807) is 0 Å². The summed E-state index contributed by atoms with van der Waals surface area (Å²) < 4.78 is 0. The topological polar surface area (TPSA) is 29.3 Å². The number of nitrogens with zero attached hydrogens (tertiary/aromatic N) is 1. The van der Waals surface area contributed by atoms with Gasteiger partial charge in [-0.15, -0.1) is 0 Å². The molecule has 1 saturated heterocycles. The van der Waals surface area contributed by atoms with Crippen molar-refractivity contribution in [3.8, 4) is 0 Å². The van der Waals surface area contributed by atoms with Crippen LogP contribution in [0.4, 0.5) is 0 Å². The smallest absolute Gasteiger partial charge is 0.00217 e. The van der Waals surface area contributed by atoms with Crippen LogP contribution in [0.15, 0.2) is 0 Å². The molecule has 0 radical (unpaired) electrons. The van der Waals surface area contributed by atoms with Gasteiger partial charge in [0, 0.05) is 6.54 Å². The summed E-state index contributed by atoms with van der Waals surface area (Å²) in [6.45, 7) is 7.03. The number of hydrogen-bond donors (Lipinski definition) is 1. The second-order valence-electron chi connectivity index (χ2n) is 4.96. The molecule has 1 unspecified atom stereocenters. The van der Waals surface area contributed by atoms with E-state index in [0.717, 1.165) is 12.5 Å². The maximum atomic E-state index is 5.73. The first-order valence-electron chi connectivity index (χ1n) is 6.79. The molecule has 1 heterocycles. The van der Waals surface area contributed by atoms with Crippen LogP contribution in [-0.2, 0) is 0 Å². The molecular weight excluding hydrogens is 184 g/mol. The Labute approximate surface area is 95.2 Å². The fourth-order valence-electron chi connectivity index (χ4n) is 2.49. The highest BCUT2D eigenvalue weighted by molar-refractivity contribution is 4.73. The minimum absolute atomic E-state index is 0.773. The van der Waals surface area contributed by atoms with Crippen molar-refractivity contribution in [1.82, 2.24) is 4.90 Å². The van der Waals surface area contributed by atoms with Gasteiger partial charge in [0.25, 0.3) is 0 Å². The molecule has 0 spiro atoms. The second-order valence-corrected chi connectivity index (χ2v) is 4.96. The molecule has 2 N–H and O–H groups in total. The maximum Gasteiger partial charge on any atom is 0.00217 e. The molecule has 0 aliphatic carbocycles. The first-order valence-corrected chi connectivity index (χ1v) is 6.79. The van der Waals surface area contributed by atoms with Gasteiger partial charge in [-0.3, -0.25) is 0 Å². The molecular formula is C13H28N2. The van der Waals surface area contributed by atoms with Crippen molar-refractivity contribution in [2.24, 2.45) is 11.7 Å². The van der Waals surface area contributed by atoms with Gasteiger partial charge >= 0.3 is 0 Å². The Hall–Kier alpha value is -0.0800. The third-order valence-electron chi connectivity index (χ3n) is 3.51. The minimum atomic E-state index is 0.773. The zero-order chi connectivity index (χ0) is 10.9. The van der Waals surface area contributed by atoms with Crippen molar-refractivity contribution in [2.75, 3.05) is 26.2 Å². The summed E-state index contributed by atoms with van der Waals surface area (Å²) >= 11 is 0. The van der Waals surface area contributed by atoms with Crippen LogP contribution in [0.2, 0.25) is 0 Å². The van der Waals surface area contributed by atoms with E-state index in [2.05, 4.69) is 11.8 Å². The summed E-state index contributed by atoms with van der Waals surface area (Å²) in [6.07, 6.45) is 9.68. The molecule has 0 aromatic heterocycles. The van der Waals surface area contributed by atoms with Gasteiger partial charge in [0.15, 0.2) is 0 Å². The number of piperidine rings is 1. The van der Waals surface area contributed by atoms with Gasteiger partial charge in [-0.1, -0.05) is 32.6 Å². The van der Waals surface area contributed by atoms with E-state index in [4.69, 9.17) is 5.73 Å². The standard InChI is InChI=1S/C13H28N2/c1-2-3-4-5-6-9-15-10-7-8-13(11-14)12-15/h13H,2-12,14H2,1H3. The summed E-state index contributed by atoms with van der Waals surface area (Å²) in [6, 6.07) is 0. The maximum absolute atomic E-state index is 5.73. The first-order chi connectivity index (χ1) is 7.36. The van der Waals surface area contributed by atoms with E-state index < -0.39 is 0 Å². The molecule has 2 heteroatoms. The fraction of sp³-hybridized carbons (Fsp3) is 1.00. The lowest BCUT2D eigenvalue weighted by Crippen LogP contribution is -2.38. The van der Waals surface area contributed by atoms with Crippen LogP contribution < -0.4 is 5.73 Å². The van der Waals surface area contributed by atoms with Crippen LogP contribution in [-0.4, -0.2) is 31.1 Å². The van der Waals surface area contributed by atoms with Crippen molar-refractivity contribution in [1.29, 1.82) is 0 Å². The van der Waals surface area contributed by atoms with Crippen LogP contribution >= 0.6 is 0 Å². The Bertz CT molecular complexity index is 147. The van der Waals surface area contributed by atoms with E-state index in [0.29, 0.717) is 0 Å². The summed E-state index contributed by atoms with van der Waals surface area (Å²) in [5, 5.41) is 0. The number of hydrogen-bond acceptors (Lipinski definition) is 2. The largest absolute Gasteiger partial charge is 0.330 e. The third kappa shape index (κ3) is 5.53. The predicted molar refractivity (Wildman–Crippen MR) is 67.0 cm³/mol.